The Kier molecular flexibility index (Phi) is 4.70. The summed E-state index contributed by atoms with van der Waals surface area (Å²) in [6, 6.07) is 6.82. The van der Waals surface area contributed by atoms with Crippen LogP contribution in [0.1, 0.15) is 16.1 Å². The molecule has 0 fully saturated rings. The second kappa shape index (κ2) is 6.35. The molecule has 0 aliphatic carbocycles. The summed E-state index contributed by atoms with van der Waals surface area (Å²) in [7, 11) is 0. The zero-order valence-corrected chi connectivity index (χ0v) is 12.8. The van der Waals surface area contributed by atoms with E-state index >= 15 is 0 Å². The van der Waals surface area contributed by atoms with E-state index < -0.39 is 18.0 Å². The highest BCUT2D eigenvalue weighted by Gasteiger charge is 2.33. The van der Waals surface area contributed by atoms with E-state index in [0.29, 0.717) is 15.9 Å². The molecule has 0 unspecified atom stereocenters. The van der Waals surface area contributed by atoms with Crippen molar-refractivity contribution >= 4 is 27.5 Å². The Morgan fingerprint density at radius 1 is 1.27 bits per heavy atom. The standard InChI is InChI=1S/C14H10BrF3N2O2/c1-8-6-10(4-5-19-8)20-13(21)11-7-9(15)2-3-12(11)22-14(16,17)18/h2-7H,1H3,(H,19,20,21). The second-order valence-corrected chi connectivity index (χ2v) is 5.24. The SMILES string of the molecule is Cc1cc(NC(=O)c2cc(Br)ccc2OC(F)(F)F)ccn1. The Balaban J connectivity index is 2.30. The van der Waals surface area contributed by atoms with E-state index in [2.05, 4.69) is 31.0 Å². The Morgan fingerprint density at radius 3 is 2.64 bits per heavy atom. The summed E-state index contributed by atoms with van der Waals surface area (Å²) < 4.78 is 41.5. The number of hydrogen-bond acceptors (Lipinski definition) is 3. The van der Waals surface area contributed by atoms with Gasteiger partial charge in [0.15, 0.2) is 0 Å². The van der Waals surface area contributed by atoms with E-state index in [4.69, 9.17) is 0 Å². The topological polar surface area (TPSA) is 51.2 Å². The van der Waals surface area contributed by atoms with Crippen LogP contribution in [0.4, 0.5) is 18.9 Å². The molecule has 0 spiro atoms. The number of pyridine rings is 1. The average molecular weight is 375 g/mol. The van der Waals surface area contributed by atoms with Crippen LogP contribution in [0.15, 0.2) is 41.0 Å². The predicted molar refractivity (Wildman–Crippen MR) is 77.8 cm³/mol. The van der Waals surface area contributed by atoms with E-state index in [1.165, 1.54) is 24.4 Å². The largest absolute Gasteiger partial charge is 0.573 e. The van der Waals surface area contributed by atoms with Gasteiger partial charge >= 0.3 is 6.36 Å². The summed E-state index contributed by atoms with van der Waals surface area (Å²) in [6.07, 6.45) is -3.39. The molecule has 0 atom stereocenters. The number of anilines is 1. The Labute approximate surface area is 132 Å². The molecule has 116 valence electrons. The maximum Gasteiger partial charge on any atom is 0.573 e. The summed E-state index contributed by atoms with van der Waals surface area (Å²) in [6.45, 7) is 1.73. The summed E-state index contributed by atoms with van der Waals surface area (Å²) >= 11 is 3.11. The Morgan fingerprint density at radius 2 is 2.00 bits per heavy atom. The lowest BCUT2D eigenvalue weighted by molar-refractivity contribution is -0.274. The first-order chi connectivity index (χ1) is 10.2. The van der Waals surface area contributed by atoms with Crippen LogP contribution in [0.25, 0.3) is 0 Å². The third-order valence-corrected chi connectivity index (χ3v) is 3.06. The van der Waals surface area contributed by atoms with Crippen LogP contribution in [-0.2, 0) is 0 Å². The van der Waals surface area contributed by atoms with E-state index in [-0.39, 0.29) is 5.56 Å². The molecular weight excluding hydrogens is 365 g/mol. The van der Waals surface area contributed by atoms with Crippen LogP contribution in [0.2, 0.25) is 0 Å². The highest BCUT2D eigenvalue weighted by molar-refractivity contribution is 9.10. The number of carbonyl (C=O) groups is 1. The minimum Gasteiger partial charge on any atom is -0.405 e. The summed E-state index contributed by atoms with van der Waals surface area (Å²) in [5.41, 5.74) is 0.857. The molecule has 8 heteroatoms. The lowest BCUT2D eigenvalue weighted by Gasteiger charge is -2.13. The number of nitrogens with one attached hydrogen (secondary N) is 1. The number of benzene rings is 1. The number of nitrogens with zero attached hydrogens (tertiary/aromatic N) is 1. The molecule has 0 saturated carbocycles. The molecule has 2 rings (SSSR count). The first-order valence-electron chi connectivity index (χ1n) is 6.04. The fraction of sp³-hybridized carbons (Fsp3) is 0.143. The maximum absolute atomic E-state index is 12.4. The van der Waals surface area contributed by atoms with Crippen molar-refractivity contribution in [2.24, 2.45) is 0 Å². The Bertz CT molecular complexity index is 705. The number of alkyl halides is 3. The number of ether oxygens (including phenoxy) is 1. The third kappa shape index (κ3) is 4.45. The van der Waals surface area contributed by atoms with Crippen molar-refractivity contribution in [2.45, 2.75) is 13.3 Å². The van der Waals surface area contributed by atoms with Gasteiger partial charge in [-0.25, -0.2) is 0 Å². The highest BCUT2D eigenvalue weighted by atomic mass is 79.9. The van der Waals surface area contributed by atoms with E-state index in [0.717, 1.165) is 6.07 Å². The first-order valence-corrected chi connectivity index (χ1v) is 6.83. The van der Waals surface area contributed by atoms with Crippen molar-refractivity contribution in [3.8, 4) is 5.75 Å². The minimum atomic E-state index is -4.88. The van der Waals surface area contributed by atoms with Crippen LogP contribution in [0.3, 0.4) is 0 Å². The lowest BCUT2D eigenvalue weighted by atomic mass is 10.2. The molecule has 0 saturated heterocycles. The molecule has 22 heavy (non-hydrogen) atoms. The van der Waals surface area contributed by atoms with Crippen molar-refractivity contribution in [3.63, 3.8) is 0 Å². The number of aryl methyl sites for hydroxylation is 1. The molecule has 1 N–H and O–H groups in total. The number of amides is 1. The number of aromatic nitrogens is 1. The molecule has 0 bridgehead atoms. The summed E-state index contributed by atoms with van der Waals surface area (Å²) in [4.78, 5) is 16.2. The first kappa shape index (κ1) is 16.3. The van der Waals surface area contributed by atoms with E-state index in [1.807, 2.05) is 0 Å². The number of halogens is 4. The van der Waals surface area contributed by atoms with E-state index in [1.54, 1.807) is 13.0 Å². The van der Waals surface area contributed by atoms with E-state index in [9.17, 15) is 18.0 Å². The molecule has 1 aromatic heterocycles. The second-order valence-electron chi connectivity index (χ2n) is 4.33. The zero-order chi connectivity index (χ0) is 16.3. The molecule has 0 radical (unpaired) electrons. The van der Waals surface area contributed by atoms with Gasteiger partial charge in [0.1, 0.15) is 5.75 Å². The van der Waals surface area contributed by atoms with Gasteiger partial charge in [-0.3, -0.25) is 9.78 Å². The molecular formula is C14H10BrF3N2O2. The number of rotatable bonds is 3. The van der Waals surface area contributed by atoms with Crippen molar-refractivity contribution < 1.29 is 22.7 Å². The van der Waals surface area contributed by atoms with Crippen LogP contribution >= 0.6 is 15.9 Å². The van der Waals surface area contributed by atoms with Gasteiger partial charge in [-0.05, 0) is 37.3 Å². The van der Waals surface area contributed by atoms with Crippen LogP contribution in [0, 0.1) is 6.92 Å². The monoisotopic (exact) mass is 374 g/mol. The quantitative estimate of drug-likeness (QED) is 0.870. The smallest absolute Gasteiger partial charge is 0.405 e. The van der Waals surface area contributed by atoms with Crippen LogP contribution in [0.5, 0.6) is 5.75 Å². The van der Waals surface area contributed by atoms with Gasteiger partial charge in [0.25, 0.3) is 5.91 Å². The minimum absolute atomic E-state index is 0.235. The highest BCUT2D eigenvalue weighted by Crippen LogP contribution is 2.29. The van der Waals surface area contributed by atoms with Gasteiger partial charge in [-0.1, -0.05) is 15.9 Å². The van der Waals surface area contributed by atoms with Crippen molar-refractivity contribution in [2.75, 3.05) is 5.32 Å². The molecule has 2 aromatic rings. The summed E-state index contributed by atoms with van der Waals surface area (Å²) in [5, 5.41) is 2.51. The Hall–Kier alpha value is -2.09. The lowest BCUT2D eigenvalue weighted by Crippen LogP contribution is -2.21. The molecule has 4 nitrogen and oxygen atoms in total. The molecule has 0 aliphatic heterocycles. The van der Waals surface area contributed by atoms with Gasteiger partial charge in [-0.2, -0.15) is 0 Å². The van der Waals surface area contributed by atoms with Crippen molar-refractivity contribution in [3.05, 3.63) is 52.3 Å². The normalized spacial score (nSPS) is 11.1. The average Bonchev–Trinajstić information content (AvgIpc) is 2.39. The number of carbonyl (C=O) groups excluding carboxylic acids is 1. The summed E-state index contributed by atoms with van der Waals surface area (Å²) in [5.74, 6) is -1.29. The van der Waals surface area contributed by atoms with Gasteiger partial charge in [0, 0.05) is 22.1 Å². The maximum atomic E-state index is 12.4. The molecule has 1 heterocycles. The predicted octanol–water partition coefficient (Wildman–Crippen LogP) is 4.30. The van der Waals surface area contributed by atoms with Gasteiger partial charge in [-0.15, -0.1) is 13.2 Å². The van der Waals surface area contributed by atoms with Crippen molar-refractivity contribution in [1.29, 1.82) is 0 Å². The molecule has 0 aliphatic rings. The van der Waals surface area contributed by atoms with Gasteiger partial charge in [0.05, 0.1) is 5.56 Å². The van der Waals surface area contributed by atoms with Crippen molar-refractivity contribution in [1.82, 2.24) is 4.98 Å². The fourth-order valence-corrected chi connectivity index (χ4v) is 2.08. The molecule has 1 aromatic carbocycles. The fourth-order valence-electron chi connectivity index (χ4n) is 1.72. The van der Waals surface area contributed by atoms with Crippen LogP contribution < -0.4 is 10.1 Å². The molecule has 1 amide bonds. The zero-order valence-electron chi connectivity index (χ0n) is 11.2. The van der Waals surface area contributed by atoms with Gasteiger partial charge in [0.2, 0.25) is 0 Å². The van der Waals surface area contributed by atoms with Gasteiger partial charge < -0.3 is 10.1 Å². The third-order valence-electron chi connectivity index (χ3n) is 2.57. The number of hydrogen-bond donors (Lipinski definition) is 1. The van der Waals surface area contributed by atoms with Crippen LogP contribution in [-0.4, -0.2) is 17.3 Å².